The van der Waals surface area contributed by atoms with Crippen LogP contribution in [0.1, 0.15) is 27.0 Å². The number of fused-ring (bicyclic) bond motifs is 1. The van der Waals surface area contributed by atoms with Gasteiger partial charge in [-0.25, -0.2) is 14.4 Å². The first-order valence-electron chi connectivity index (χ1n) is 8.49. The Hall–Kier alpha value is -2.86. The molecule has 0 unspecified atom stereocenters. The molecule has 2 aliphatic rings. The van der Waals surface area contributed by atoms with Crippen LogP contribution in [0.15, 0.2) is 17.1 Å². The minimum absolute atomic E-state index is 0.0584. The fourth-order valence-corrected chi connectivity index (χ4v) is 2.72. The first-order valence-corrected chi connectivity index (χ1v) is 8.49. The number of nitrogens with one attached hydrogen (secondary N) is 1. The third-order valence-corrected chi connectivity index (χ3v) is 3.96. The number of nitrogens with zero attached hydrogens (tertiary/aromatic N) is 2. The van der Waals surface area contributed by atoms with Gasteiger partial charge in [0.1, 0.15) is 12.7 Å². The fraction of sp³-hybridized carbons (Fsp3) is 0.625. The van der Waals surface area contributed by atoms with Gasteiger partial charge in [-0.15, -0.1) is 0 Å². The number of hydrogen-bond donors (Lipinski definition) is 2. The molecule has 1 aromatic rings. The van der Waals surface area contributed by atoms with Crippen LogP contribution in [0, 0.1) is 5.41 Å². The lowest BCUT2D eigenvalue weighted by atomic mass is 9.99. The Bertz CT molecular complexity index is 803. The minimum Gasteiger partial charge on any atom is -0.434 e. The predicted octanol–water partition coefficient (Wildman–Crippen LogP) is 1.05. The lowest BCUT2D eigenvalue weighted by Crippen LogP contribution is -2.34. The first-order chi connectivity index (χ1) is 13.2. The molecular formula is C16H21N3O9. The monoisotopic (exact) mass is 399 g/mol. The fourth-order valence-electron chi connectivity index (χ4n) is 2.72. The molecule has 1 aromatic heterocycles. The Morgan fingerprint density at radius 1 is 1.29 bits per heavy atom. The highest BCUT2D eigenvalue weighted by molar-refractivity contribution is 5.63. The molecule has 12 heteroatoms. The van der Waals surface area contributed by atoms with E-state index in [9.17, 15) is 14.4 Å². The zero-order valence-electron chi connectivity index (χ0n) is 15.5. The highest BCUT2D eigenvalue weighted by atomic mass is 16.8. The molecule has 2 N–H and O–H groups in total. The van der Waals surface area contributed by atoms with E-state index >= 15 is 0 Å². The number of ether oxygens (including phenoxy) is 5. The van der Waals surface area contributed by atoms with E-state index in [0.717, 1.165) is 4.57 Å². The van der Waals surface area contributed by atoms with Crippen LogP contribution in [0.2, 0.25) is 0 Å². The molecule has 4 atom stereocenters. The van der Waals surface area contributed by atoms with Crippen LogP contribution >= 0.6 is 0 Å². The molecule has 0 bridgehead atoms. The van der Waals surface area contributed by atoms with Crippen molar-refractivity contribution in [1.29, 1.82) is 0 Å². The zero-order valence-corrected chi connectivity index (χ0v) is 15.5. The van der Waals surface area contributed by atoms with Crippen LogP contribution in [0.4, 0.5) is 15.4 Å². The Kier molecular flexibility index (Phi) is 5.42. The second-order valence-electron chi connectivity index (χ2n) is 7.50. The van der Waals surface area contributed by atoms with Crippen molar-refractivity contribution in [2.45, 2.75) is 45.3 Å². The molecule has 3 heterocycles. The van der Waals surface area contributed by atoms with E-state index in [4.69, 9.17) is 28.9 Å². The average molecular weight is 399 g/mol. The molecule has 0 aromatic carbocycles. The normalized spacial score (nSPS) is 26.2. The van der Waals surface area contributed by atoms with Gasteiger partial charge in [0, 0.05) is 6.20 Å². The van der Waals surface area contributed by atoms with Gasteiger partial charge in [-0.05, 0) is 11.5 Å². The Balaban J connectivity index is 1.68. The molecule has 28 heavy (non-hydrogen) atoms. The van der Waals surface area contributed by atoms with E-state index in [-0.39, 0.29) is 24.4 Å². The average Bonchev–Trinajstić information content (AvgIpc) is 3.15. The number of anilines is 1. The Morgan fingerprint density at radius 2 is 2.00 bits per heavy atom. The van der Waals surface area contributed by atoms with Gasteiger partial charge in [-0.2, -0.15) is 4.98 Å². The lowest BCUT2D eigenvalue weighted by Gasteiger charge is -2.19. The summed E-state index contributed by atoms with van der Waals surface area (Å²) in [4.78, 5) is 39.0. The maximum Gasteiger partial charge on any atom is 0.509 e. The molecule has 2 saturated heterocycles. The standard InChI is InChI=1S/C16H21N3O9/c1-16(2,3)7-25-14(21)24-6-8-10-11(28-15(22)27-10)12(26-8)19-5-4-9(18-23)17-13(19)20/h4-5,8,10-12,23H,6-7H2,1-3H3,(H,17,18,20)/t8-,10-,11-,12-/m1/s1. The second-order valence-corrected chi connectivity index (χ2v) is 7.50. The van der Waals surface area contributed by atoms with E-state index in [1.807, 2.05) is 20.8 Å². The van der Waals surface area contributed by atoms with Crippen molar-refractivity contribution >= 4 is 18.1 Å². The molecule has 3 rings (SSSR count). The Morgan fingerprint density at radius 3 is 2.64 bits per heavy atom. The highest BCUT2D eigenvalue weighted by Crippen LogP contribution is 2.37. The summed E-state index contributed by atoms with van der Waals surface area (Å²) in [6, 6.07) is 1.32. The van der Waals surface area contributed by atoms with Crippen LogP contribution in [-0.4, -0.2) is 58.6 Å². The largest absolute Gasteiger partial charge is 0.509 e. The van der Waals surface area contributed by atoms with Crippen molar-refractivity contribution < 1.29 is 38.5 Å². The summed E-state index contributed by atoms with van der Waals surface area (Å²) >= 11 is 0. The minimum atomic E-state index is -1.04. The van der Waals surface area contributed by atoms with Crippen LogP contribution < -0.4 is 11.2 Å². The van der Waals surface area contributed by atoms with Crippen molar-refractivity contribution in [2.24, 2.45) is 5.41 Å². The van der Waals surface area contributed by atoms with Gasteiger partial charge >= 0.3 is 18.0 Å². The number of hydrogen-bond acceptors (Lipinski definition) is 11. The summed E-state index contributed by atoms with van der Waals surface area (Å²) in [5.74, 6) is -0.0584. The summed E-state index contributed by atoms with van der Waals surface area (Å²) < 4.78 is 27.0. The van der Waals surface area contributed by atoms with E-state index in [2.05, 4.69) is 4.98 Å². The molecule has 2 aliphatic heterocycles. The summed E-state index contributed by atoms with van der Waals surface area (Å²) in [5.41, 5.74) is 0.779. The van der Waals surface area contributed by atoms with E-state index in [1.165, 1.54) is 12.3 Å². The number of carbonyl (C=O) groups is 2. The first kappa shape index (κ1) is 19.9. The molecular weight excluding hydrogens is 378 g/mol. The molecule has 0 saturated carbocycles. The Labute approximate surface area is 159 Å². The van der Waals surface area contributed by atoms with Crippen LogP contribution in [0.25, 0.3) is 0 Å². The third-order valence-electron chi connectivity index (χ3n) is 3.96. The van der Waals surface area contributed by atoms with Gasteiger partial charge < -0.3 is 23.7 Å². The van der Waals surface area contributed by atoms with Crippen LogP contribution in [0.3, 0.4) is 0 Å². The van der Waals surface area contributed by atoms with E-state index in [1.54, 1.807) is 5.48 Å². The van der Waals surface area contributed by atoms with Crippen LogP contribution in [0.5, 0.6) is 0 Å². The van der Waals surface area contributed by atoms with Crippen molar-refractivity contribution in [3.63, 3.8) is 0 Å². The van der Waals surface area contributed by atoms with Gasteiger partial charge in [-0.1, -0.05) is 20.8 Å². The SMILES string of the molecule is CC(C)(C)COC(=O)OC[C@H]1O[C@@H](n2ccc(NO)nc2=O)[C@@H]2OC(=O)O[C@@H]21. The molecule has 0 radical (unpaired) electrons. The zero-order chi connectivity index (χ0) is 20.5. The maximum absolute atomic E-state index is 12.1. The topological polar surface area (TPSA) is 147 Å². The molecule has 0 spiro atoms. The summed E-state index contributed by atoms with van der Waals surface area (Å²) in [6.45, 7) is 5.59. The molecule has 0 aliphatic carbocycles. The summed E-state index contributed by atoms with van der Waals surface area (Å²) in [5, 5.41) is 8.82. The molecule has 154 valence electrons. The van der Waals surface area contributed by atoms with E-state index in [0.29, 0.717) is 0 Å². The quantitative estimate of drug-likeness (QED) is 0.540. The summed E-state index contributed by atoms with van der Waals surface area (Å²) in [6.07, 6.45) is -4.22. The van der Waals surface area contributed by atoms with Gasteiger partial charge in [0.2, 0.25) is 0 Å². The maximum atomic E-state index is 12.1. The smallest absolute Gasteiger partial charge is 0.434 e. The van der Waals surface area contributed by atoms with Crippen molar-refractivity contribution in [2.75, 3.05) is 18.7 Å². The second kappa shape index (κ2) is 7.64. The van der Waals surface area contributed by atoms with Gasteiger partial charge in [0.15, 0.2) is 24.3 Å². The van der Waals surface area contributed by atoms with Gasteiger partial charge in [-0.3, -0.25) is 15.3 Å². The van der Waals surface area contributed by atoms with Crippen LogP contribution in [-0.2, 0) is 23.7 Å². The van der Waals surface area contributed by atoms with Crippen molar-refractivity contribution in [3.05, 3.63) is 22.7 Å². The molecule has 0 amide bonds. The number of aromatic nitrogens is 2. The van der Waals surface area contributed by atoms with Crippen molar-refractivity contribution in [3.8, 4) is 0 Å². The summed E-state index contributed by atoms with van der Waals surface area (Å²) in [7, 11) is 0. The van der Waals surface area contributed by atoms with E-state index < -0.39 is 42.5 Å². The van der Waals surface area contributed by atoms with Gasteiger partial charge in [0.05, 0.1) is 6.61 Å². The van der Waals surface area contributed by atoms with Crippen molar-refractivity contribution in [1.82, 2.24) is 9.55 Å². The third kappa shape index (κ3) is 4.34. The molecule has 12 nitrogen and oxygen atoms in total. The van der Waals surface area contributed by atoms with Gasteiger partial charge in [0.25, 0.3) is 0 Å². The highest BCUT2D eigenvalue weighted by Gasteiger charge is 2.55. The predicted molar refractivity (Wildman–Crippen MR) is 89.7 cm³/mol. The number of carbonyl (C=O) groups excluding carboxylic acids is 2. The number of rotatable bonds is 5. The lowest BCUT2D eigenvalue weighted by molar-refractivity contribution is -0.0815. The molecule has 2 fully saturated rings.